The van der Waals surface area contributed by atoms with E-state index >= 15 is 0 Å². The molecule has 0 spiro atoms. The number of benzene rings is 2. The number of anilines is 1. The number of sulfonamides is 1. The van der Waals surface area contributed by atoms with Crippen LogP contribution in [0.2, 0.25) is 5.02 Å². The van der Waals surface area contributed by atoms with E-state index in [0.29, 0.717) is 29.6 Å². The third-order valence-electron chi connectivity index (χ3n) is 3.87. The molecule has 1 amide bonds. The van der Waals surface area contributed by atoms with Crippen molar-refractivity contribution in [2.75, 3.05) is 30.8 Å². The van der Waals surface area contributed by atoms with E-state index in [1.54, 1.807) is 43.4 Å². The van der Waals surface area contributed by atoms with E-state index in [2.05, 4.69) is 0 Å². The van der Waals surface area contributed by atoms with E-state index in [9.17, 15) is 13.2 Å². The highest BCUT2D eigenvalue weighted by Crippen LogP contribution is 2.22. The highest BCUT2D eigenvalue weighted by Gasteiger charge is 2.22. The van der Waals surface area contributed by atoms with Gasteiger partial charge in [0.15, 0.2) is 0 Å². The van der Waals surface area contributed by atoms with Gasteiger partial charge >= 0.3 is 0 Å². The normalized spacial score (nSPS) is 11.1. The first-order valence-electron chi connectivity index (χ1n) is 8.39. The highest BCUT2D eigenvalue weighted by molar-refractivity contribution is 7.92. The summed E-state index contributed by atoms with van der Waals surface area (Å²) in [6, 6.07) is 13.8. The number of carbonyl (C=O) groups is 1. The smallest absolute Gasteiger partial charge is 0.243 e. The first kappa shape index (κ1) is 21.1. The SMILES string of the molecule is CCOc1ccc(N(CC(=O)N(C)Cc2ccc(Cl)cc2)S(C)(=O)=O)cc1. The van der Waals surface area contributed by atoms with Crippen molar-refractivity contribution in [1.29, 1.82) is 0 Å². The molecule has 0 fully saturated rings. The van der Waals surface area contributed by atoms with Crippen molar-refractivity contribution in [3.8, 4) is 5.75 Å². The zero-order valence-corrected chi connectivity index (χ0v) is 17.1. The van der Waals surface area contributed by atoms with E-state index in [0.717, 1.165) is 16.1 Å². The van der Waals surface area contributed by atoms with Crippen molar-refractivity contribution in [3.63, 3.8) is 0 Å². The molecule has 0 radical (unpaired) electrons. The van der Waals surface area contributed by atoms with Crippen LogP contribution in [0.4, 0.5) is 5.69 Å². The number of amides is 1. The quantitative estimate of drug-likeness (QED) is 0.670. The molecule has 6 nitrogen and oxygen atoms in total. The lowest BCUT2D eigenvalue weighted by molar-refractivity contribution is -0.128. The maximum Gasteiger partial charge on any atom is 0.243 e. The molecule has 0 aliphatic rings. The third-order valence-corrected chi connectivity index (χ3v) is 5.27. The highest BCUT2D eigenvalue weighted by atomic mass is 35.5. The summed E-state index contributed by atoms with van der Waals surface area (Å²) in [4.78, 5) is 14.1. The van der Waals surface area contributed by atoms with Crippen LogP contribution in [0, 0.1) is 0 Å². The van der Waals surface area contributed by atoms with Gasteiger partial charge in [0, 0.05) is 18.6 Å². The van der Waals surface area contributed by atoms with E-state index < -0.39 is 10.0 Å². The number of rotatable bonds is 8. The molecule has 0 atom stereocenters. The van der Waals surface area contributed by atoms with Gasteiger partial charge in [0.25, 0.3) is 0 Å². The van der Waals surface area contributed by atoms with E-state index in [1.165, 1.54) is 4.90 Å². The molecule has 0 aliphatic heterocycles. The Morgan fingerprint density at radius 1 is 1.07 bits per heavy atom. The Balaban J connectivity index is 2.12. The second-order valence-corrected chi connectivity index (χ2v) is 8.42. The van der Waals surface area contributed by atoms with Gasteiger partial charge in [-0.2, -0.15) is 0 Å². The van der Waals surface area contributed by atoms with Gasteiger partial charge in [0.1, 0.15) is 12.3 Å². The third kappa shape index (κ3) is 6.15. The molecule has 0 aliphatic carbocycles. The van der Waals surface area contributed by atoms with Crippen molar-refractivity contribution in [3.05, 3.63) is 59.1 Å². The average molecular weight is 411 g/mol. The predicted octanol–water partition coefficient (Wildman–Crippen LogP) is 3.16. The monoisotopic (exact) mass is 410 g/mol. The maximum absolute atomic E-state index is 12.6. The van der Waals surface area contributed by atoms with Crippen LogP contribution >= 0.6 is 11.6 Å². The molecular formula is C19H23ClN2O4S. The van der Waals surface area contributed by atoms with Crippen LogP contribution in [0.3, 0.4) is 0 Å². The Hall–Kier alpha value is -2.25. The van der Waals surface area contributed by atoms with Gasteiger partial charge in [-0.05, 0) is 48.9 Å². The number of carbonyl (C=O) groups excluding carboxylic acids is 1. The minimum atomic E-state index is -3.62. The second kappa shape index (κ2) is 9.10. The van der Waals surface area contributed by atoms with Gasteiger partial charge in [-0.15, -0.1) is 0 Å². The minimum Gasteiger partial charge on any atom is -0.494 e. The summed E-state index contributed by atoms with van der Waals surface area (Å²) in [5.41, 5.74) is 1.32. The predicted molar refractivity (Wildman–Crippen MR) is 108 cm³/mol. The minimum absolute atomic E-state index is 0.281. The topological polar surface area (TPSA) is 66.9 Å². The van der Waals surface area contributed by atoms with Gasteiger partial charge in [0.2, 0.25) is 15.9 Å². The molecule has 0 saturated carbocycles. The van der Waals surface area contributed by atoms with Crippen LogP contribution in [0.15, 0.2) is 48.5 Å². The summed E-state index contributed by atoms with van der Waals surface area (Å²) in [7, 11) is -1.99. The number of halogens is 1. The van der Waals surface area contributed by atoms with Gasteiger partial charge in [0.05, 0.1) is 18.6 Å². The largest absolute Gasteiger partial charge is 0.494 e. The van der Waals surface area contributed by atoms with Crippen LogP contribution in [-0.2, 0) is 21.4 Å². The Kier molecular flexibility index (Phi) is 7.10. The average Bonchev–Trinajstić information content (AvgIpc) is 2.61. The van der Waals surface area contributed by atoms with Gasteiger partial charge in [-0.1, -0.05) is 23.7 Å². The summed E-state index contributed by atoms with van der Waals surface area (Å²) < 4.78 is 30.9. The Bertz CT molecular complexity index is 868. The number of hydrogen-bond donors (Lipinski definition) is 0. The molecule has 0 N–H and O–H groups in total. The van der Waals surface area contributed by atoms with E-state index in [4.69, 9.17) is 16.3 Å². The van der Waals surface area contributed by atoms with Crippen LogP contribution in [-0.4, -0.2) is 45.7 Å². The summed E-state index contributed by atoms with van der Waals surface area (Å²) in [5.74, 6) is 0.324. The molecule has 2 aromatic carbocycles. The van der Waals surface area contributed by atoms with E-state index in [-0.39, 0.29) is 12.5 Å². The zero-order chi connectivity index (χ0) is 20.0. The molecule has 146 valence electrons. The Labute approximate surface area is 165 Å². The van der Waals surface area contributed by atoms with Crippen LogP contribution < -0.4 is 9.04 Å². The first-order valence-corrected chi connectivity index (χ1v) is 10.6. The number of nitrogens with zero attached hydrogens (tertiary/aromatic N) is 2. The number of likely N-dealkylation sites (N-methyl/N-ethyl adjacent to an activating group) is 1. The molecular weight excluding hydrogens is 388 g/mol. The van der Waals surface area contributed by atoms with Crippen molar-refractivity contribution in [1.82, 2.24) is 4.90 Å². The van der Waals surface area contributed by atoms with Crippen molar-refractivity contribution in [2.24, 2.45) is 0 Å². The second-order valence-electron chi connectivity index (χ2n) is 6.07. The summed E-state index contributed by atoms with van der Waals surface area (Å²) in [6.45, 7) is 2.46. The standard InChI is InChI=1S/C19H23ClN2O4S/c1-4-26-18-11-9-17(10-12-18)22(27(3,24)25)14-19(23)21(2)13-15-5-7-16(20)8-6-15/h5-12H,4,13-14H2,1-3H3. The van der Waals surface area contributed by atoms with Gasteiger partial charge < -0.3 is 9.64 Å². The summed E-state index contributed by atoms with van der Waals surface area (Å²) >= 11 is 5.87. The fraction of sp³-hybridized carbons (Fsp3) is 0.316. The van der Waals surface area contributed by atoms with Crippen molar-refractivity contribution >= 4 is 33.2 Å². The lowest BCUT2D eigenvalue weighted by Crippen LogP contribution is -2.41. The maximum atomic E-state index is 12.6. The molecule has 0 saturated heterocycles. The van der Waals surface area contributed by atoms with Crippen LogP contribution in [0.25, 0.3) is 0 Å². The lowest BCUT2D eigenvalue weighted by Gasteiger charge is -2.25. The fourth-order valence-corrected chi connectivity index (χ4v) is 3.45. The van der Waals surface area contributed by atoms with Crippen LogP contribution in [0.5, 0.6) is 5.75 Å². The van der Waals surface area contributed by atoms with Crippen LogP contribution in [0.1, 0.15) is 12.5 Å². The number of ether oxygens (including phenoxy) is 1. The molecule has 2 rings (SSSR count). The van der Waals surface area contributed by atoms with Crippen molar-refractivity contribution < 1.29 is 17.9 Å². The lowest BCUT2D eigenvalue weighted by atomic mass is 10.2. The molecule has 0 unspecified atom stereocenters. The van der Waals surface area contributed by atoms with Crippen molar-refractivity contribution in [2.45, 2.75) is 13.5 Å². The molecule has 0 aromatic heterocycles. The molecule has 2 aromatic rings. The summed E-state index contributed by atoms with van der Waals surface area (Å²) in [5, 5.41) is 0.617. The van der Waals surface area contributed by atoms with Gasteiger partial charge in [-0.3, -0.25) is 9.10 Å². The first-order chi connectivity index (χ1) is 12.7. The number of hydrogen-bond acceptors (Lipinski definition) is 4. The summed E-state index contributed by atoms with van der Waals surface area (Å²) in [6.07, 6.45) is 1.08. The fourth-order valence-electron chi connectivity index (χ4n) is 2.47. The van der Waals surface area contributed by atoms with E-state index in [1.807, 2.05) is 19.1 Å². The zero-order valence-electron chi connectivity index (χ0n) is 15.6. The molecule has 8 heteroatoms. The van der Waals surface area contributed by atoms with Gasteiger partial charge in [-0.25, -0.2) is 8.42 Å². The Morgan fingerprint density at radius 2 is 1.67 bits per heavy atom. The Morgan fingerprint density at radius 3 is 2.19 bits per heavy atom. The molecule has 0 heterocycles. The molecule has 0 bridgehead atoms. The molecule has 27 heavy (non-hydrogen) atoms.